The highest BCUT2D eigenvalue weighted by atomic mass is 16.6. The first-order chi connectivity index (χ1) is 14.5. The third kappa shape index (κ3) is 5.95. The second-order valence-corrected chi connectivity index (χ2v) is 7.04. The maximum Gasteiger partial charge on any atom is 0.344 e. The molecule has 0 spiro atoms. The number of benzene rings is 3. The molecule has 154 valence electrons. The van der Waals surface area contributed by atoms with E-state index in [1.54, 1.807) is 0 Å². The van der Waals surface area contributed by atoms with Gasteiger partial charge >= 0.3 is 5.97 Å². The number of nitrogens with one attached hydrogen (secondary N) is 1. The smallest absolute Gasteiger partial charge is 0.344 e. The molecule has 3 aromatic carbocycles. The van der Waals surface area contributed by atoms with Crippen molar-refractivity contribution in [3.05, 3.63) is 101 Å². The van der Waals surface area contributed by atoms with Gasteiger partial charge in [-0.3, -0.25) is 4.79 Å². The Morgan fingerprint density at radius 1 is 0.833 bits per heavy atom. The maximum absolute atomic E-state index is 12.4. The average molecular weight is 403 g/mol. The van der Waals surface area contributed by atoms with Gasteiger partial charge in [-0.05, 0) is 42.2 Å². The Hall–Kier alpha value is -3.60. The zero-order valence-corrected chi connectivity index (χ0v) is 17.1. The molecular formula is C25H25NO4. The van der Waals surface area contributed by atoms with Crippen LogP contribution >= 0.6 is 0 Å². The van der Waals surface area contributed by atoms with Crippen molar-refractivity contribution >= 4 is 11.9 Å². The van der Waals surface area contributed by atoms with Gasteiger partial charge in [0.2, 0.25) is 0 Å². The van der Waals surface area contributed by atoms with Crippen LogP contribution in [0, 0.1) is 13.8 Å². The van der Waals surface area contributed by atoms with Gasteiger partial charge in [-0.15, -0.1) is 0 Å². The SMILES string of the molecule is Cc1ccc(C)c(OCC(=O)OCC(=O)NC(c2ccccc2)c2ccccc2)c1. The van der Waals surface area contributed by atoms with Gasteiger partial charge in [0, 0.05) is 0 Å². The first-order valence-corrected chi connectivity index (χ1v) is 9.78. The average Bonchev–Trinajstić information content (AvgIpc) is 2.78. The molecule has 0 bridgehead atoms. The monoisotopic (exact) mass is 403 g/mol. The van der Waals surface area contributed by atoms with E-state index in [0.29, 0.717) is 5.75 Å². The highest BCUT2D eigenvalue weighted by Gasteiger charge is 2.17. The van der Waals surface area contributed by atoms with Crippen LogP contribution in [0.15, 0.2) is 78.9 Å². The lowest BCUT2D eigenvalue weighted by Crippen LogP contribution is -2.33. The van der Waals surface area contributed by atoms with Crippen molar-refractivity contribution < 1.29 is 19.1 Å². The summed E-state index contributed by atoms with van der Waals surface area (Å²) in [4.78, 5) is 24.5. The largest absolute Gasteiger partial charge is 0.482 e. The van der Waals surface area contributed by atoms with Crippen LogP contribution in [0.1, 0.15) is 28.3 Å². The normalized spacial score (nSPS) is 10.5. The van der Waals surface area contributed by atoms with Gasteiger partial charge in [0.1, 0.15) is 5.75 Å². The van der Waals surface area contributed by atoms with E-state index in [0.717, 1.165) is 22.3 Å². The summed E-state index contributed by atoms with van der Waals surface area (Å²) in [6.07, 6.45) is 0. The second kappa shape index (κ2) is 10.3. The van der Waals surface area contributed by atoms with E-state index in [4.69, 9.17) is 9.47 Å². The summed E-state index contributed by atoms with van der Waals surface area (Å²) >= 11 is 0. The van der Waals surface area contributed by atoms with Crippen molar-refractivity contribution in [3.63, 3.8) is 0 Å². The zero-order valence-electron chi connectivity index (χ0n) is 17.1. The second-order valence-electron chi connectivity index (χ2n) is 7.04. The number of esters is 1. The number of rotatable bonds is 8. The van der Waals surface area contributed by atoms with Gasteiger partial charge in [0.25, 0.3) is 5.91 Å². The van der Waals surface area contributed by atoms with Crippen molar-refractivity contribution in [2.24, 2.45) is 0 Å². The van der Waals surface area contributed by atoms with Crippen molar-refractivity contribution in [1.29, 1.82) is 0 Å². The molecule has 0 atom stereocenters. The standard InChI is InChI=1S/C25H25NO4/c1-18-13-14-19(2)22(15-18)29-17-24(28)30-16-23(27)26-25(20-9-5-3-6-10-20)21-11-7-4-8-12-21/h3-15,25H,16-17H2,1-2H3,(H,26,27). The summed E-state index contributed by atoms with van der Waals surface area (Å²) in [6, 6.07) is 24.7. The third-order valence-corrected chi connectivity index (χ3v) is 4.62. The summed E-state index contributed by atoms with van der Waals surface area (Å²) < 4.78 is 10.6. The highest BCUT2D eigenvalue weighted by Crippen LogP contribution is 2.22. The summed E-state index contributed by atoms with van der Waals surface area (Å²) in [6.45, 7) is 3.23. The molecule has 3 aromatic rings. The number of amides is 1. The maximum atomic E-state index is 12.4. The molecule has 0 heterocycles. The minimum absolute atomic E-state index is 0.252. The molecule has 0 fully saturated rings. The Morgan fingerprint density at radius 2 is 1.43 bits per heavy atom. The fourth-order valence-electron chi connectivity index (χ4n) is 3.04. The van der Waals surface area contributed by atoms with Crippen LogP contribution in [0.3, 0.4) is 0 Å². The molecule has 30 heavy (non-hydrogen) atoms. The lowest BCUT2D eigenvalue weighted by atomic mass is 9.99. The van der Waals surface area contributed by atoms with Crippen LogP contribution in [-0.2, 0) is 14.3 Å². The van der Waals surface area contributed by atoms with E-state index < -0.39 is 5.97 Å². The summed E-state index contributed by atoms with van der Waals surface area (Å²) in [5, 5.41) is 2.94. The number of aryl methyl sites for hydroxylation is 2. The van der Waals surface area contributed by atoms with Crippen molar-refractivity contribution in [2.45, 2.75) is 19.9 Å². The lowest BCUT2D eigenvalue weighted by Gasteiger charge is -2.20. The van der Waals surface area contributed by atoms with E-state index in [1.165, 1.54) is 0 Å². The van der Waals surface area contributed by atoms with Crippen LogP contribution in [0.25, 0.3) is 0 Å². The molecule has 0 saturated carbocycles. The molecule has 0 aliphatic heterocycles. The molecule has 3 rings (SSSR count). The minimum atomic E-state index is -0.595. The van der Waals surface area contributed by atoms with Crippen LogP contribution in [0.4, 0.5) is 0 Å². The van der Waals surface area contributed by atoms with E-state index >= 15 is 0 Å². The van der Waals surface area contributed by atoms with Gasteiger partial charge in [0.15, 0.2) is 13.2 Å². The first kappa shape index (κ1) is 21.1. The molecular weight excluding hydrogens is 378 g/mol. The number of ether oxygens (including phenoxy) is 2. The topological polar surface area (TPSA) is 64.6 Å². The number of hydrogen-bond acceptors (Lipinski definition) is 4. The Labute approximate surface area is 176 Å². The molecule has 0 aromatic heterocycles. The number of carbonyl (C=O) groups is 2. The molecule has 0 aliphatic rings. The summed E-state index contributed by atoms with van der Waals surface area (Å²) in [5.41, 5.74) is 3.86. The number of carbonyl (C=O) groups excluding carboxylic acids is 2. The molecule has 1 amide bonds. The van der Waals surface area contributed by atoms with Gasteiger partial charge in [-0.25, -0.2) is 4.79 Å². The zero-order chi connectivity index (χ0) is 21.3. The first-order valence-electron chi connectivity index (χ1n) is 9.78. The lowest BCUT2D eigenvalue weighted by molar-refractivity contribution is -0.150. The fourth-order valence-corrected chi connectivity index (χ4v) is 3.04. The molecule has 0 radical (unpaired) electrons. The predicted octanol–water partition coefficient (Wildman–Crippen LogP) is 4.13. The third-order valence-electron chi connectivity index (χ3n) is 4.62. The van der Waals surface area contributed by atoms with Gasteiger partial charge < -0.3 is 14.8 Å². The molecule has 5 heteroatoms. The Morgan fingerprint density at radius 3 is 2.03 bits per heavy atom. The van der Waals surface area contributed by atoms with Crippen LogP contribution in [-0.4, -0.2) is 25.1 Å². The number of hydrogen-bond donors (Lipinski definition) is 1. The van der Waals surface area contributed by atoms with Gasteiger partial charge in [-0.2, -0.15) is 0 Å². The summed E-state index contributed by atoms with van der Waals surface area (Å²) in [5.74, 6) is -0.348. The van der Waals surface area contributed by atoms with Crippen molar-refractivity contribution in [3.8, 4) is 5.75 Å². The molecule has 0 unspecified atom stereocenters. The van der Waals surface area contributed by atoms with E-state index in [9.17, 15) is 9.59 Å². The molecule has 1 N–H and O–H groups in total. The van der Waals surface area contributed by atoms with E-state index in [-0.39, 0.29) is 25.2 Å². The quantitative estimate of drug-likeness (QED) is 0.575. The Balaban J connectivity index is 1.55. The Bertz CT molecular complexity index is 947. The van der Waals surface area contributed by atoms with Crippen molar-refractivity contribution in [2.75, 3.05) is 13.2 Å². The predicted molar refractivity (Wildman–Crippen MR) is 115 cm³/mol. The van der Waals surface area contributed by atoms with Crippen LogP contribution in [0.5, 0.6) is 5.75 Å². The van der Waals surface area contributed by atoms with E-state index in [2.05, 4.69) is 5.32 Å². The Kier molecular flexibility index (Phi) is 7.22. The van der Waals surface area contributed by atoms with Gasteiger partial charge in [-0.1, -0.05) is 72.8 Å². The molecule has 5 nitrogen and oxygen atoms in total. The summed E-state index contributed by atoms with van der Waals surface area (Å²) in [7, 11) is 0. The van der Waals surface area contributed by atoms with E-state index in [1.807, 2.05) is 92.7 Å². The molecule has 0 aliphatic carbocycles. The molecule has 0 saturated heterocycles. The van der Waals surface area contributed by atoms with Crippen LogP contribution in [0.2, 0.25) is 0 Å². The minimum Gasteiger partial charge on any atom is -0.482 e. The fraction of sp³-hybridized carbons (Fsp3) is 0.200. The van der Waals surface area contributed by atoms with Crippen molar-refractivity contribution in [1.82, 2.24) is 5.32 Å². The van der Waals surface area contributed by atoms with Gasteiger partial charge in [0.05, 0.1) is 6.04 Å². The van der Waals surface area contributed by atoms with Crippen LogP contribution < -0.4 is 10.1 Å². The highest BCUT2D eigenvalue weighted by molar-refractivity contribution is 5.81.